The Hall–Kier alpha value is -3.34. The number of carbonyl (C=O) groups is 2. The van der Waals surface area contributed by atoms with E-state index < -0.39 is 17.7 Å². The molecule has 1 unspecified atom stereocenters. The minimum atomic E-state index is -0.672. The lowest BCUT2D eigenvalue weighted by atomic mass is 9.97. The van der Waals surface area contributed by atoms with Crippen LogP contribution in [0.4, 0.5) is 10.5 Å². The van der Waals surface area contributed by atoms with E-state index in [1.165, 1.54) is 16.7 Å². The number of esters is 1. The minimum Gasteiger partial charge on any atom is -0.464 e. The Morgan fingerprint density at radius 1 is 1.24 bits per heavy atom. The molecule has 1 aromatic carbocycles. The van der Waals surface area contributed by atoms with Crippen LogP contribution in [0.25, 0.3) is 5.69 Å². The number of nitriles is 1. The van der Waals surface area contributed by atoms with Crippen molar-refractivity contribution >= 4 is 17.7 Å². The highest BCUT2D eigenvalue weighted by Crippen LogP contribution is 2.39. The summed E-state index contributed by atoms with van der Waals surface area (Å²) in [5.41, 5.74) is 1.62. The standard InChI is InChI=1S/C21H24N4O4/c1-13-10-11-24(20(27)29-21(2,3)4)17-16(13)23-25(18(17)19(26)28-5)15-8-6-14(12-22)7-9-15/h6-9,13H,10-11H2,1-5H3. The average molecular weight is 396 g/mol. The fraction of sp³-hybridized carbons (Fsp3) is 0.429. The number of aromatic nitrogens is 2. The van der Waals surface area contributed by atoms with Gasteiger partial charge < -0.3 is 9.47 Å². The van der Waals surface area contributed by atoms with Crippen LogP contribution >= 0.6 is 0 Å². The van der Waals surface area contributed by atoms with Crippen molar-refractivity contribution in [2.45, 2.75) is 45.6 Å². The number of benzene rings is 1. The summed E-state index contributed by atoms with van der Waals surface area (Å²) in [6, 6.07) is 8.75. The molecular weight excluding hydrogens is 372 g/mol. The summed E-state index contributed by atoms with van der Waals surface area (Å²) in [7, 11) is 1.29. The van der Waals surface area contributed by atoms with E-state index in [1.54, 1.807) is 45.0 Å². The topological polar surface area (TPSA) is 97.5 Å². The lowest BCUT2D eigenvalue weighted by molar-refractivity contribution is 0.0574. The Morgan fingerprint density at radius 3 is 2.45 bits per heavy atom. The molecule has 3 rings (SSSR count). The number of amides is 1. The van der Waals surface area contributed by atoms with E-state index in [9.17, 15) is 9.59 Å². The SMILES string of the molecule is COC(=O)c1c2c(nn1-c1ccc(C#N)cc1)C(C)CCN2C(=O)OC(C)(C)C. The van der Waals surface area contributed by atoms with Crippen molar-refractivity contribution in [1.29, 1.82) is 5.26 Å². The molecule has 1 atom stereocenters. The van der Waals surface area contributed by atoms with Crippen molar-refractivity contribution in [3.63, 3.8) is 0 Å². The van der Waals surface area contributed by atoms with Gasteiger partial charge in [0.15, 0.2) is 5.69 Å². The number of ether oxygens (including phenoxy) is 2. The molecule has 2 heterocycles. The van der Waals surface area contributed by atoms with Crippen molar-refractivity contribution in [3.05, 3.63) is 41.2 Å². The van der Waals surface area contributed by atoms with Gasteiger partial charge in [-0.3, -0.25) is 4.90 Å². The molecule has 8 nitrogen and oxygen atoms in total. The van der Waals surface area contributed by atoms with E-state index in [0.717, 1.165) is 0 Å². The Morgan fingerprint density at radius 2 is 1.90 bits per heavy atom. The van der Waals surface area contributed by atoms with Gasteiger partial charge in [-0.1, -0.05) is 6.92 Å². The van der Waals surface area contributed by atoms with Crippen LogP contribution in [0.15, 0.2) is 24.3 Å². The molecule has 1 aromatic heterocycles. The smallest absolute Gasteiger partial charge is 0.414 e. The zero-order valence-electron chi connectivity index (χ0n) is 17.2. The van der Waals surface area contributed by atoms with Crippen LogP contribution in [0, 0.1) is 11.3 Å². The van der Waals surface area contributed by atoms with Crippen LogP contribution in [0.3, 0.4) is 0 Å². The molecule has 0 saturated heterocycles. The summed E-state index contributed by atoms with van der Waals surface area (Å²) in [5.74, 6) is -0.558. The van der Waals surface area contributed by atoms with E-state index in [-0.39, 0.29) is 11.6 Å². The monoisotopic (exact) mass is 396 g/mol. The lowest BCUT2D eigenvalue weighted by Gasteiger charge is -2.32. The maximum atomic E-state index is 12.9. The van der Waals surface area contributed by atoms with Gasteiger partial charge >= 0.3 is 12.1 Å². The average Bonchev–Trinajstić information content (AvgIpc) is 3.07. The number of nitrogens with zero attached hydrogens (tertiary/aromatic N) is 4. The fourth-order valence-electron chi connectivity index (χ4n) is 3.24. The van der Waals surface area contributed by atoms with E-state index in [0.29, 0.717) is 35.6 Å². The molecule has 0 spiro atoms. The Balaban J connectivity index is 2.18. The lowest BCUT2D eigenvalue weighted by Crippen LogP contribution is -2.41. The number of rotatable bonds is 2. The van der Waals surface area contributed by atoms with Gasteiger partial charge in [0, 0.05) is 12.5 Å². The second-order valence-electron chi connectivity index (χ2n) is 7.97. The number of carbonyl (C=O) groups excluding carboxylic acids is 2. The number of hydrogen-bond donors (Lipinski definition) is 0. The molecule has 29 heavy (non-hydrogen) atoms. The summed E-state index contributed by atoms with van der Waals surface area (Å²) in [5, 5.41) is 13.7. The number of methoxy groups -OCH3 is 1. The highest BCUT2D eigenvalue weighted by atomic mass is 16.6. The van der Waals surface area contributed by atoms with Crippen LogP contribution < -0.4 is 4.90 Å². The Kier molecular flexibility index (Phi) is 5.33. The Labute approximate surface area is 169 Å². The normalized spacial score (nSPS) is 16.0. The number of hydrogen-bond acceptors (Lipinski definition) is 6. The fourth-order valence-corrected chi connectivity index (χ4v) is 3.24. The molecule has 0 saturated carbocycles. The molecule has 152 valence electrons. The van der Waals surface area contributed by atoms with E-state index >= 15 is 0 Å². The highest BCUT2D eigenvalue weighted by molar-refractivity contribution is 6.01. The predicted octanol–water partition coefficient (Wildman–Crippen LogP) is 3.78. The highest BCUT2D eigenvalue weighted by Gasteiger charge is 2.38. The molecule has 0 fully saturated rings. The Bertz CT molecular complexity index is 980. The molecule has 1 aliphatic rings. The first-order chi connectivity index (χ1) is 13.7. The molecular formula is C21H24N4O4. The first-order valence-electron chi connectivity index (χ1n) is 9.38. The third-order valence-corrected chi connectivity index (χ3v) is 4.64. The summed E-state index contributed by atoms with van der Waals surface area (Å²) in [6.45, 7) is 7.79. The van der Waals surface area contributed by atoms with Crippen LogP contribution in [-0.4, -0.2) is 41.1 Å². The van der Waals surface area contributed by atoms with Gasteiger partial charge in [-0.25, -0.2) is 14.3 Å². The number of anilines is 1. The maximum absolute atomic E-state index is 12.9. The second kappa shape index (κ2) is 7.59. The largest absolute Gasteiger partial charge is 0.464 e. The summed E-state index contributed by atoms with van der Waals surface area (Å²) in [4.78, 5) is 27.0. The second-order valence-corrected chi connectivity index (χ2v) is 7.97. The van der Waals surface area contributed by atoms with Gasteiger partial charge in [-0.05, 0) is 51.5 Å². The summed E-state index contributed by atoms with van der Waals surface area (Å²) >= 11 is 0. The summed E-state index contributed by atoms with van der Waals surface area (Å²) in [6.07, 6.45) is 0.159. The van der Waals surface area contributed by atoms with Gasteiger partial charge in [0.05, 0.1) is 30.1 Å². The molecule has 2 aromatic rings. The first-order valence-corrected chi connectivity index (χ1v) is 9.38. The molecule has 1 aliphatic heterocycles. The van der Waals surface area contributed by atoms with Gasteiger partial charge in [0.1, 0.15) is 11.3 Å². The maximum Gasteiger partial charge on any atom is 0.414 e. The number of fused-ring (bicyclic) bond motifs is 1. The van der Waals surface area contributed by atoms with Crippen LogP contribution in [0.5, 0.6) is 0 Å². The molecule has 0 bridgehead atoms. The molecule has 8 heteroatoms. The van der Waals surface area contributed by atoms with E-state index in [4.69, 9.17) is 14.7 Å². The van der Waals surface area contributed by atoms with Crippen molar-refractivity contribution < 1.29 is 19.1 Å². The zero-order valence-corrected chi connectivity index (χ0v) is 17.2. The van der Waals surface area contributed by atoms with Crippen LogP contribution in [-0.2, 0) is 9.47 Å². The van der Waals surface area contributed by atoms with Gasteiger partial charge in [-0.15, -0.1) is 0 Å². The molecule has 0 radical (unpaired) electrons. The molecule has 1 amide bonds. The van der Waals surface area contributed by atoms with E-state index in [2.05, 4.69) is 11.2 Å². The quantitative estimate of drug-likeness (QED) is 0.717. The van der Waals surface area contributed by atoms with Gasteiger partial charge in [-0.2, -0.15) is 10.4 Å². The van der Waals surface area contributed by atoms with Crippen molar-refractivity contribution in [2.24, 2.45) is 0 Å². The zero-order chi connectivity index (χ0) is 21.3. The third-order valence-electron chi connectivity index (χ3n) is 4.64. The molecule has 0 N–H and O–H groups in total. The van der Waals surface area contributed by atoms with Gasteiger partial charge in [0.2, 0.25) is 0 Å². The van der Waals surface area contributed by atoms with Crippen molar-refractivity contribution in [2.75, 3.05) is 18.6 Å². The van der Waals surface area contributed by atoms with E-state index in [1.807, 2.05) is 6.92 Å². The van der Waals surface area contributed by atoms with Crippen molar-refractivity contribution in [1.82, 2.24) is 9.78 Å². The van der Waals surface area contributed by atoms with Crippen molar-refractivity contribution in [3.8, 4) is 11.8 Å². The predicted molar refractivity (Wildman–Crippen MR) is 106 cm³/mol. The third kappa shape index (κ3) is 3.94. The molecule has 0 aliphatic carbocycles. The first kappa shape index (κ1) is 20.4. The minimum absolute atomic E-state index is 0.0479. The van der Waals surface area contributed by atoms with Crippen LogP contribution in [0.2, 0.25) is 0 Å². The summed E-state index contributed by atoms with van der Waals surface area (Å²) < 4.78 is 12.0. The van der Waals surface area contributed by atoms with Gasteiger partial charge in [0.25, 0.3) is 0 Å². The van der Waals surface area contributed by atoms with Crippen LogP contribution in [0.1, 0.15) is 61.8 Å².